The van der Waals surface area contributed by atoms with Crippen molar-refractivity contribution in [3.05, 3.63) is 0 Å². The Hall–Kier alpha value is -0.260. The number of fused-ring (bicyclic) bond motifs is 2. The van der Waals surface area contributed by atoms with Gasteiger partial charge in [-0.1, -0.05) is 19.3 Å². The smallest absolute Gasteiger partial charge is 0.225 e. The summed E-state index contributed by atoms with van der Waals surface area (Å²) < 4.78 is 0. The molecule has 1 heterocycles. The highest BCUT2D eigenvalue weighted by atomic mass is 32.2. The van der Waals surface area contributed by atoms with E-state index in [1.54, 1.807) is 0 Å². The summed E-state index contributed by atoms with van der Waals surface area (Å²) in [6.45, 7) is 3.22. The van der Waals surface area contributed by atoms with Crippen LogP contribution in [0.3, 0.4) is 0 Å². The topological polar surface area (TPSA) is 58.4 Å². The van der Waals surface area contributed by atoms with E-state index in [4.69, 9.17) is 5.73 Å². The summed E-state index contributed by atoms with van der Waals surface area (Å²) in [5.41, 5.74) is 6.59. The van der Waals surface area contributed by atoms with Crippen LogP contribution in [0, 0.1) is 17.8 Å². The van der Waals surface area contributed by atoms with Crippen molar-refractivity contribution in [3.63, 3.8) is 0 Å². The summed E-state index contributed by atoms with van der Waals surface area (Å²) in [6.07, 6.45) is 10.1. The minimum absolute atomic E-state index is 0.0845. The lowest BCUT2D eigenvalue weighted by atomic mass is 9.79. The second kappa shape index (κ2) is 7.16. The number of thioether (sulfide) groups is 1. The van der Waals surface area contributed by atoms with Gasteiger partial charge in [-0.15, -0.1) is 0 Å². The Labute approximate surface area is 150 Å². The second-order valence-electron chi connectivity index (χ2n) is 8.54. The first-order valence-electron chi connectivity index (χ1n) is 10.1. The summed E-state index contributed by atoms with van der Waals surface area (Å²) in [7, 11) is 0. The summed E-state index contributed by atoms with van der Waals surface area (Å²) >= 11 is 2.07. The highest BCUT2D eigenvalue weighted by Gasteiger charge is 2.49. The average molecular weight is 352 g/mol. The fraction of sp³-hybridized carbons (Fsp3) is 0.947. The van der Waals surface area contributed by atoms with Gasteiger partial charge in [0.2, 0.25) is 5.91 Å². The first kappa shape index (κ1) is 17.2. The van der Waals surface area contributed by atoms with Gasteiger partial charge < -0.3 is 11.1 Å². The lowest BCUT2D eigenvalue weighted by Gasteiger charge is -2.48. The minimum atomic E-state index is 0.0845. The maximum absolute atomic E-state index is 12.9. The first-order valence-corrected chi connectivity index (χ1v) is 11.2. The normalized spacial score (nSPS) is 39.0. The molecule has 0 aromatic carbocycles. The molecule has 1 amide bonds. The van der Waals surface area contributed by atoms with Gasteiger partial charge in [-0.2, -0.15) is 11.8 Å². The number of rotatable bonds is 4. The third-order valence-electron chi connectivity index (χ3n) is 7.34. The molecule has 0 aromatic rings. The molecule has 4 rings (SSSR count). The van der Waals surface area contributed by atoms with Crippen LogP contribution in [0.2, 0.25) is 0 Å². The van der Waals surface area contributed by atoms with Gasteiger partial charge in [0, 0.05) is 42.7 Å². The van der Waals surface area contributed by atoms with Crippen molar-refractivity contribution in [1.29, 1.82) is 0 Å². The van der Waals surface area contributed by atoms with Crippen molar-refractivity contribution >= 4 is 17.7 Å². The zero-order valence-corrected chi connectivity index (χ0v) is 15.7. The van der Waals surface area contributed by atoms with Crippen LogP contribution in [-0.2, 0) is 4.79 Å². The van der Waals surface area contributed by atoms with Crippen LogP contribution in [0.15, 0.2) is 0 Å². The van der Waals surface area contributed by atoms with Gasteiger partial charge in [0.1, 0.15) is 0 Å². The van der Waals surface area contributed by atoms with E-state index in [1.165, 1.54) is 76.0 Å². The maximum Gasteiger partial charge on any atom is 0.225 e. The number of carbonyl (C=O) groups excluding carboxylic acids is 1. The molecule has 136 valence electrons. The summed E-state index contributed by atoms with van der Waals surface area (Å²) in [6, 6.07) is 0.109. The van der Waals surface area contributed by atoms with Gasteiger partial charge in [-0.25, -0.2) is 0 Å². The van der Waals surface area contributed by atoms with Crippen LogP contribution in [0.5, 0.6) is 0 Å². The number of nitrogens with two attached hydrogens (primary N) is 1. The van der Waals surface area contributed by atoms with Crippen LogP contribution in [0.1, 0.15) is 51.4 Å². The molecule has 24 heavy (non-hydrogen) atoms. The van der Waals surface area contributed by atoms with Gasteiger partial charge >= 0.3 is 0 Å². The van der Waals surface area contributed by atoms with Crippen LogP contribution in [0.25, 0.3) is 0 Å². The molecule has 0 spiro atoms. The molecule has 0 aromatic heterocycles. The van der Waals surface area contributed by atoms with Crippen LogP contribution >= 0.6 is 11.8 Å². The molecule has 3 saturated carbocycles. The zero-order valence-electron chi connectivity index (χ0n) is 14.8. The number of amides is 1. The number of hydrogen-bond donors (Lipinski definition) is 2. The number of nitrogens with zero attached hydrogens (tertiary/aromatic N) is 1. The van der Waals surface area contributed by atoms with Crippen molar-refractivity contribution in [1.82, 2.24) is 10.2 Å². The summed E-state index contributed by atoms with van der Waals surface area (Å²) in [5, 5.41) is 3.38. The highest BCUT2D eigenvalue weighted by Crippen LogP contribution is 2.47. The van der Waals surface area contributed by atoms with Gasteiger partial charge in [0.25, 0.3) is 0 Å². The Morgan fingerprint density at radius 3 is 2.50 bits per heavy atom. The van der Waals surface area contributed by atoms with Gasteiger partial charge in [-0.3, -0.25) is 9.69 Å². The molecule has 3 aliphatic carbocycles. The lowest BCUT2D eigenvalue weighted by Crippen LogP contribution is -2.60. The highest BCUT2D eigenvalue weighted by molar-refractivity contribution is 7.99. The van der Waals surface area contributed by atoms with Crippen LogP contribution in [-0.4, -0.2) is 53.5 Å². The van der Waals surface area contributed by atoms with E-state index in [2.05, 4.69) is 22.0 Å². The fourth-order valence-electron chi connectivity index (χ4n) is 5.95. The Morgan fingerprint density at radius 1 is 1.12 bits per heavy atom. The van der Waals surface area contributed by atoms with E-state index in [0.717, 1.165) is 6.54 Å². The van der Waals surface area contributed by atoms with E-state index in [1.807, 2.05) is 0 Å². The molecule has 0 radical (unpaired) electrons. The van der Waals surface area contributed by atoms with Crippen LogP contribution in [0.4, 0.5) is 0 Å². The summed E-state index contributed by atoms with van der Waals surface area (Å²) in [4.78, 5) is 15.6. The molecule has 1 saturated heterocycles. The Bertz CT molecular complexity index is 458. The Kier molecular flexibility index (Phi) is 5.12. The molecule has 3 N–H and O–H groups in total. The van der Waals surface area contributed by atoms with E-state index >= 15 is 0 Å². The standard InChI is InChI=1S/C19H33N3OS/c20-17-15-5-4-14(12-15)16(17)18(23)21-13-19(6-2-1-3-7-19)22-8-10-24-11-9-22/h14-17H,1-13,20H2,(H,21,23). The van der Waals surface area contributed by atoms with Gasteiger partial charge in [0.15, 0.2) is 0 Å². The van der Waals surface area contributed by atoms with Crippen molar-refractivity contribution in [2.75, 3.05) is 31.1 Å². The van der Waals surface area contributed by atoms with Crippen molar-refractivity contribution in [2.45, 2.75) is 62.9 Å². The molecule has 4 fully saturated rings. The average Bonchev–Trinajstić information content (AvgIpc) is 3.22. The van der Waals surface area contributed by atoms with E-state index < -0.39 is 0 Å². The Balaban J connectivity index is 1.40. The van der Waals surface area contributed by atoms with Gasteiger partial charge in [0.05, 0.1) is 5.92 Å². The lowest BCUT2D eigenvalue weighted by molar-refractivity contribution is -0.128. The monoisotopic (exact) mass is 351 g/mol. The number of hydrogen-bond acceptors (Lipinski definition) is 4. The Morgan fingerprint density at radius 2 is 1.83 bits per heavy atom. The van der Waals surface area contributed by atoms with Crippen molar-refractivity contribution in [3.8, 4) is 0 Å². The molecule has 1 aliphatic heterocycles. The molecule has 4 aliphatic rings. The zero-order chi connectivity index (χ0) is 16.6. The fourth-order valence-corrected chi connectivity index (χ4v) is 6.85. The van der Waals surface area contributed by atoms with Crippen molar-refractivity contribution < 1.29 is 4.79 Å². The largest absolute Gasteiger partial charge is 0.354 e. The quantitative estimate of drug-likeness (QED) is 0.815. The van der Waals surface area contributed by atoms with Crippen LogP contribution < -0.4 is 11.1 Å². The molecule has 2 bridgehead atoms. The van der Waals surface area contributed by atoms with Crippen molar-refractivity contribution in [2.24, 2.45) is 23.5 Å². The van der Waals surface area contributed by atoms with E-state index in [9.17, 15) is 4.79 Å². The van der Waals surface area contributed by atoms with E-state index in [-0.39, 0.29) is 23.4 Å². The predicted octanol–water partition coefficient (Wildman–Crippen LogP) is 2.23. The SMILES string of the molecule is NC1C2CCC(C2)C1C(=O)NCC1(N2CCSCC2)CCCCC1. The first-order chi connectivity index (χ1) is 11.7. The number of nitrogens with one attached hydrogen (secondary N) is 1. The third kappa shape index (κ3) is 3.12. The molecule has 4 nitrogen and oxygen atoms in total. The molecule has 5 heteroatoms. The molecule has 4 unspecified atom stereocenters. The number of carbonyl (C=O) groups is 1. The molecule has 4 atom stereocenters. The minimum Gasteiger partial charge on any atom is -0.354 e. The maximum atomic E-state index is 12.9. The van der Waals surface area contributed by atoms with Gasteiger partial charge in [-0.05, 0) is 43.9 Å². The third-order valence-corrected chi connectivity index (χ3v) is 8.28. The molecular weight excluding hydrogens is 318 g/mol. The summed E-state index contributed by atoms with van der Waals surface area (Å²) in [5.74, 6) is 3.99. The molecular formula is C19H33N3OS. The van der Waals surface area contributed by atoms with E-state index in [0.29, 0.717) is 11.8 Å². The second-order valence-corrected chi connectivity index (χ2v) is 9.76. The predicted molar refractivity (Wildman–Crippen MR) is 100 cm³/mol.